The smallest absolute Gasteiger partial charge is 0.333 e. The highest BCUT2D eigenvalue weighted by molar-refractivity contribution is 6.26. The summed E-state index contributed by atoms with van der Waals surface area (Å²) in [5, 5.41) is 10.6. The minimum Gasteiger partial charge on any atom is -0.482 e. The highest BCUT2D eigenvalue weighted by Crippen LogP contribution is 2.74. The molecule has 3 aliphatic carbocycles. The van der Waals surface area contributed by atoms with E-state index in [2.05, 4.69) is 32.1 Å². The van der Waals surface area contributed by atoms with Gasteiger partial charge in [0.15, 0.2) is 22.7 Å². The Balaban J connectivity index is 1.59. The Kier molecular flexibility index (Phi) is 9.65. The van der Waals surface area contributed by atoms with Crippen molar-refractivity contribution in [3.05, 3.63) is 74.7 Å². The molecule has 1 aromatic rings. The van der Waals surface area contributed by atoms with Crippen LogP contribution in [0, 0.1) is 29.1 Å². The van der Waals surface area contributed by atoms with Crippen LogP contribution in [0.1, 0.15) is 97.8 Å². The Morgan fingerprint density at radius 2 is 1.79 bits per heavy atom. The van der Waals surface area contributed by atoms with E-state index in [0.29, 0.717) is 52.8 Å². The minimum atomic E-state index is -1.67. The molecule has 7 aliphatic rings. The number of fused-ring (bicyclic) bond motifs is 3. The monoisotopic (exact) mass is 784 g/mol. The van der Waals surface area contributed by atoms with Gasteiger partial charge in [0.05, 0.1) is 23.8 Å². The number of carbonyl (C=O) groups is 3. The number of ketones is 1. The molecule has 2 N–H and O–H groups in total. The van der Waals surface area contributed by atoms with Gasteiger partial charge in [-0.2, -0.15) is 5.26 Å². The van der Waals surface area contributed by atoms with E-state index < -0.39 is 58.0 Å². The SMILES string of the molecule is COC(=O)/C(C)=C\CC12OC(C)(C)C3CC(C1=O)C1C(C#N)=C(N)OC4=C1C32Oc1c(CC=C(C)C)c2c(c(OC(=O)CCl)c14)C=CC(C)(CCC=C(C)C)O2. The molecule has 6 unspecified atom stereocenters. The van der Waals surface area contributed by atoms with E-state index in [1.807, 2.05) is 46.8 Å². The summed E-state index contributed by atoms with van der Waals surface area (Å²) in [4.78, 5) is 41.1. The number of ether oxygens (including phenoxy) is 6. The molecule has 1 spiro atoms. The van der Waals surface area contributed by atoms with Crippen molar-refractivity contribution in [2.24, 2.45) is 23.5 Å². The maximum atomic E-state index is 15.2. The molecule has 12 heteroatoms. The van der Waals surface area contributed by atoms with Gasteiger partial charge in [0.25, 0.3) is 0 Å². The zero-order valence-corrected chi connectivity index (χ0v) is 34.2. The molecule has 4 fully saturated rings. The molecule has 1 saturated heterocycles. The average Bonchev–Trinajstić information content (AvgIpc) is 3.28. The fraction of sp³-hybridized carbons (Fsp3) is 0.500. The van der Waals surface area contributed by atoms with Gasteiger partial charge in [0, 0.05) is 40.9 Å². The number of allylic oxidation sites excluding steroid dienone is 5. The molecule has 3 saturated carbocycles. The molecular weight excluding hydrogens is 736 g/mol. The molecule has 0 aromatic heterocycles. The van der Waals surface area contributed by atoms with Gasteiger partial charge in [-0.1, -0.05) is 29.4 Å². The topological polar surface area (TPSA) is 156 Å². The third-order valence-electron chi connectivity index (χ3n) is 12.2. The predicted octanol–water partition coefficient (Wildman–Crippen LogP) is 7.71. The minimum absolute atomic E-state index is 0.0346. The first-order valence-corrected chi connectivity index (χ1v) is 19.6. The van der Waals surface area contributed by atoms with Gasteiger partial charge in [0.1, 0.15) is 40.4 Å². The molecule has 6 atom stereocenters. The molecule has 4 bridgehead atoms. The summed E-state index contributed by atoms with van der Waals surface area (Å²) in [7, 11) is 1.30. The lowest BCUT2D eigenvalue weighted by atomic mass is 9.45. The molecule has 4 aliphatic heterocycles. The van der Waals surface area contributed by atoms with Crippen molar-refractivity contribution in [3.63, 3.8) is 0 Å². The summed E-state index contributed by atoms with van der Waals surface area (Å²) < 4.78 is 39.3. The molecule has 8 rings (SSSR count). The Labute approximate surface area is 332 Å². The van der Waals surface area contributed by atoms with Gasteiger partial charge >= 0.3 is 11.9 Å². The number of nitrogens with zero attached hydrogens (tertiary/aromatic N) is 1. The summed E-state index contributed by atoms with van der Waals surface area (Å²) in [5.41, 5.74) is 6.31. The molecule has 296 valence electrons. The molecule has 56 heavy (non-hydrogen) atoms. The number of benzene rings is 1. The van der Waals surface area contributed by atoms with Crippen molar-refractivity contribution in [3.8, 4) is 23.3 Å². The lowest BCUT2D eigenvalue weighted by molar-refractivity contribution is -0.181. The van der Waals surface area contributed by atoms with Crippen molar-refractivity contribution < 1.29 is 42.8 Å². The first-order valence-electron chi connectivity index (χ1n) is 19.1. The van der Waals surface area contributed by atoms with Crippen LogP contribution in [-0.4, -0.2) is 53.1 Å². The third-order valence-corrected chi connectivity index (χ3v) is 12.4. The van der Waals surface area contributed by atoms with Crippen LogP contribution in [0.25, 0.3) is 11.8 Å². The van der Waals surface area contributed by atoms with E-state index in [0.717, 1.165) is 12.0 Å². The molecule has 11 nitrogen and oxygen atoms in total. The number of esters is 2. The number of rotatable bonds is 10. The fourth-order valence-electron chi connectivity index (χ4n) is 9.77. The van der Waals surface area contributed by atoms with Crippen molar-refractivity contribution in [2.75, 3.05) is 13.0 Å². The van der Waals surface area contributed by atoms with Gasteiger partial charge in [-0.15, -0.1) is 11.6 Å². The van der Waals surface area contributed by atoms with Crippen LogP contribution in [-0.2, 0) is 35.0 Å². The Morgan fingerprint density at radius 3 is 2.43 bits per heavy atom. The second kappa shape index (κ2) is 13.7. The second-order valence-electron chi connectivity index (χ2n) is 16.8. The normalized spacial score (nSPS) is 29.8. The average molecular weight is 785 g/mol. The number of halogens is 1. The second-order valence-corrected chi connectivity index (χ2v) is 17.1. The van der Waals surface area contributed by atoms with Gasteiger partial charge < -0.3 is 34.2 Å². The van der Waals surface area contributed by atoms with Crippen molar-refractivity contribution >= 4 is 41.2 Å². The zero-order chi connectivity index (χ0) is 40.7. The highest BCUT2D eigenvalue weighted by Gasteiger charge is 2.84. The number of methoxy groups -OCH3 is 1. The summed E-state index contributed by atoms with van der Waals surface area (Å²) in [6.45, 7) is 15.6. The summed E-state index contributed by atoms with van der Waals surface area (Å²) in [6, 6.07) is 2.23. The first-order chi connectivity index (χ1) is 26.4. The van der Waals surface area contributed by atoms with Crippen molar-refractivity contribution in [1.82, 2.24) is 0 Å². The zero-order valence-electron chi connectivity index (χ0n) is 33.4. The van der Waals surface area contributed by atoms with Crippen molar-refractivity contribution in [1.29, 1.82) is 5.26 Å². The van der Waals surface area contributed by atoms with E-state index in [1.165, 1.54) is 12.7 Å². The number of nitrogens with two attached hydrogens (primary N) is 1. The van der Waals surface area contributed by atoms with Gasteiger partial charge in [-0.05, 0) is 93.2 Å². The largest absolute Gasteiger partial charge is 0.482 e. The van der Waals surface area contributed by atoms with Crippen molar-refractivity contribution in [2.45, 2.75) is 110 Å². The van der Waals surface area contributed by atoms with E-state index in [-0.39, 0.29) is 40.9 Å². The third kappa shape index (κ3) is 5.66. The van der Waals surface area contributed by atoms with E-state index >= 15 is 4.79 Å². The summed E-state index contributed by atoms with van der Waals surface area (Å²) in [6.07, 6.45) is 11.8. The van der Waals surface area contributed by atoms with E-state index in [1.54, 1.807) is 13.0 Å². The Bertz CT molecular complexity index is 2190. The molecule has 4 heterocycles. The fourth-order valence-corrected chi connectivity index (χ4v) is 9.83. The number of hydrogen-bond donors (Lipinski definition) is 1. The predicted molar refractivity (Wildman–Crippen MR) is 209 cm³/mol. The maximum absolute atomic E-state index is 15.2. The summed E-state index contributed by atoms with van der Waals surface area (Å²) >= 11 is 6.08. The van der Waals surface area contributed by atoms with Gasteiger partial charge in [-0.25, -0.2) is 4.79 Å². The Morgan fingerprint density at radius 1 is 1.07 bits per heavy atom. The van der Waals surface area contributed by atoms with E-state index in [4.69, 9.17) is 45.8 Å². The highest BCUT2D eigenvalue weighted by atomic mass is 35.5. The number of alkyl halides is 1. The van der Waals surface area contributed by atoms with E-state index in [9.17, 15) is 14.9 Å². The van der Waals surface area contributed by atoms with Crippen LogP contribution in [0.3, 0.4) is 0 Å². The van der Waals surface area contributed by atoms with Gasteiger partial charge in [-0.3, -0.25) is 9.59 Å². The number of nitriles is 1. The molecular formula is C44H49ClN2O9. The molecule has 0 radical (unpaired) electrons. The lowest BCUT2D eigenvalue weighted by Gasteiger charge is -2.61. The Hall–Kier alpha value is -4.79. The van der Waals surface area contributed by atoms with Gasteiger partial charge in [0.2, 0.25) is 5.88 Å². The number of Topliss-reactive ketones (excluding diaryl/α,β-unsaturated/α-hetero) is 1. The standard InChI is InChI=1S/C44H49ClN2O9/c1-22(2)11-10-16-42(8)17-15-26-34(54-42)25(13-12-23(3)4)36-32(35(26)52-30(48)20-45)37-33-31(28(21-46)39(47)53-37)27-19-29-41(6,7)56-43(38(27)49,44(29,33)55-36)18-14-24(5)40(50)51-9/h11-12,14-15,17,27,29,31H,10,13,16,18-20,47H2,1-9H3/b24-14-. The lowest BCUT2D eigenvalue weighted by Crippen LogP contribution is -2.75. The quantitative estimate of drug-likeness (QED) is 0.0815. The number of hydrogen-bond acceptors (Lipinski definition) is 11. The van der Waals surface area contributed by atoms with Crippen LogP contribution in [0.15, 0.2) is 58.1 Å². The van der Waals surface area contributed by atoms with Crippen LogP contribution in [0.4, 0.5) is 0 Å². The molecule has 0 amide bonds. The summed E-state index contributed by atoms with van der Waals surface area (Å²) in [5.74, 6) is -3.02. The van der Waals surface area contributed by atoms with Crippen LogP contribution >= 0.6 is 11.6 Å². The van der Waals surface area contributed by atoms with Crippen LogP contribution in [0.5, 0.6) is 17.2 Å². The van der Waals surface area contributed by atoms with Crippen LogP contribution < -0.4 is 19.9 Å². The molecule has 1 aromatic carbocycles. The van der Waals surface area contributed by atoms with Crippen LogP contribution in [0.2, 0.25) is 0 Å². The maximum Gasteiger partial charge on any atom is 0.333 e. The first kappa shape index (κ1) is 39.4. The number of carbonyl (C=O) groups excluding carboxylic acids is 3.